The van der Waals surface area contributed by atoms with Gasteiger partial charge in [-0.3, -0.25) is 0 Å². The first-order valence-corrected chi connectivity index (χ1v) is 9.74. The molecule has 0 unspecified atom stereocenters. The zero-order valence-corrected chi connectivity index (χ0v) is 16.6. The lowest BCUT2D eigenvalue weighted by molar-refractivity contribution is -0.401. The molecule has 0 amide bonds. The van der Waals surface area contributed by atoms with Crippen LogP contribution in [0.1, 0.15) is 37.8 Å². The zero-order chi connectivity index (χ0) is 18.4. The number of hydrogen-bond donors (Lipinski definition) is 1. The van der Waals surface area contributed by atoms with Crippen LogP contribution in [0.3, 0.4) is 0 Å². The molecule has 2 aromatic rings. The number of thiol groups is 1. The van der Waals surface area contributed by atoms with Crippen LogP contribution in [0.2, 0.25) is 0 Å². The number of hydrogen-bond acceptors (Lipinski definition) is 1. The Labute approximate surface area is 162 Å². The number of allylic oxidation sites excluding steroid dienone is 4. The standard InChI is InChI=1S/C24H25NS/c1-23(2)18-10-4-6-12-20(18)25(3)22(23)14-17-24(15-8-9-16-24)19-11-5-7-13-21(19)26/h4-14,17H,15-16H2,1-3H3/p+1. The maximum absolute atomic E-state index is 4.74. The normalized spacial score (nSPS) is 20.2. The second-order valence-corrected chi connectivity index (χ2v) is 8.45. The molecule has 2 aliphatic rings. The molecule has 26 heavy (non-hydrogen) atoms. The molecule has 0 saturated carbocycles. The molecule has 1 aliphatic heterocycles. The van der Waals surface area contributed by atoms with Gasteiger partial charge in [0.15, 0.2) is 5.71 Å². The maximum Gasteiger partial charge on any atom is 0.209 e. The molecule has 0 aromatic heterocycles. The first-order chi connectivity index (χ1) is 12.5. The van der Waals surface area contributed by atoms with Gasteiger partial charge in [-0.25, -0.2) is 0 Å². The van der Waals surface area contributed by atoms with Gasteiger partial charge < -0.3 is 0 Å². The van der Waals surface area contributed by atoms with Gasteiger partial charge in [0, 0.05) is 28.0 Å². The number of nitrogens with zero attached hydrogens (tertiary/aromatic N) is 1. The predicted molar refractivity (Wildman–Crippen MR) is 113 cm³/mol. The summed E-state index contributed by atoms with van der Waals surface area (Å²) in [6, 6.07) is 17.2. The Bertz CT molecular complexity index is 938. The highest BCUT2D eigenvalue weighted by atomic mass is 32.1. The largest absolute Gasteiger partial charge is 0.209 e. The number of para-hydroxylation sites is 1. The summed E-state index contributed by atoms with van der Waals surface area (Å²) in [5, 5.41) is 0. The molecule has 0 atom stereocenters. The molecule has 0 saturated heterocycles. The van der Waals surface area contributed by atoms with Crippen molar-refractivity contribution in [1.29, 1.82) is 0 Å². The van der Waals surface area contributed by atoms with E-state index < -0.39 is 0 Å². The Balaban J connectivity index is 1.78. The Kier molecular flexibility index (Phi) is 4.19. The van der Waals surface area contributed by atoms with E-state index in [-0.39, 0.29) is 10.8 Å². The average molecular weight is 361 g/mol. The lowest BCUT2D eigenvalue weighted by atomic mass is 9.76. The molecule has 2 aromatic carbocycles. The van der Waals surface area contributed by atoms with Crippen LogP contribution in [0.5, 0.6) is 0 Å². The van der Waals surface area contributed by atoms with Crippen molar-refractivity contribution in [3.63, 3.8) is 0 Å². The van der Waals surface area contributed by atoms with Gasteiger partial charge in [0.1, 0.15) is 7.05 Å². The molecule has 1 aliphatic carbocycles. The van der Waals surface area contributed by atoms with Gasteiger partial charge in [-0.1, -0.05) is 54.6 Å². The summed E-state index contributed by atoms with van der Waals surface area (Å²) < 4.78 is 2.34. The minimum atomic E-state index is 0.00947. The minimum absolute atomic E-state index is 0.00947. The molecule has 2 heteroatoms. The first-order valence-electron chi connectivity index (χ1n) is 9.29. The van der Waals surface area contributed by atoms with E-state index in [0.29, 0.717) is 0 Å². The maximum atomic E-state index is 4.74. The molecule has 1 nitrogen and oxygen atoms in total. The molecule has 0 fully saturated rings. The third-order valence-electron chi connectivity index (χ3n) is 6.07. The smallest absolute Gasteiger partial charge is 0.198 e. The van der Waals surface area contributed by atoms with Crippen LogP contribution in [0.4, 0.5) is 5.69 Å². The Morgan fingerprint density at radius 3 is 2.19 bits per heavy atom. The lowest BCUT2D eigenvalue weighted by Gasteiger charge is -2.27. The zero-order valence-electron chi connectivity index (χ0n) is 15.7. The van der Waals surface area contributed by atoms with Crippen LogP contribution in [-0.2, 0) is 10.8 Å². The van der Waals surface area contributed by atoms with Crippen molar-refractivity contribution in [2.24, 2.45) is 0 Å². The van der Waals surface area contributed by atoms with E-state index in [4.69, 9.17) is 12.6 Å². The van der Waals surface area contributed by atoms with Gasteiger partial charge >= 0.3 is 0 Å². The van der Waals surface area contributed by atoms with Crippen LogP contribution < -0.4 is 0 Å². The highest BCUT2D eigenvalue weighted by molar-refractivity contribution is 7.80. The summed E-state index contributed by atoms with van der Waals surface area (Å²) in [4.78, 5) is 1.08. The van der Waals surface area contributed by atoms with E-state index >= 15 is 0 Å². The predicted octanol–water partition coefficient (Wildman–Crippen LogP) is 5.83. The van der Waals surface area contributed by atoms with Crippen molar-refractivity contribution in [3.05, 3.63) is 84.0 Å². The van der Waals surface area contributed by atoms with Crippen molar-refractivity contribution < 1.29 is 4.58 Å². The van der Waals surface area contributed by atoms with Crippen LogP contribution in [-0.4, -0.2) is 17.3 Å². The molecule has 0 bridgehead atoms. The minimum Gasteiger partial charge on any atom is -0.198 e. The summed E-state index contributed by atoms with van der Waals surface area (Å²) in [5.41, 5.74) is 5.40. The van der Waals surface area contributed by atoms with Gasteiger partial charge in [0.25, 0.3) is 0 Å². The fourth-order valence-electron chi connectivity index (χ4n) is 4.55. The van der Waals surface area contributed by atoms with E-state index in [1.165, 1.54) is 22.5 Å². The van der Waals surface area contributed by atoms with E-state index in [1.54, 1.807) is 0 Å². The molecule has 1 heterocycles. The summed E-state index contributed by atoms with van der Waals surface area (Å²) in [7, 11) is 2.18. The van der Waals surface area contributed by atoms with Gasteiger partial charge in [-0.2, -0.15) is 4.58 Å². The van der Waals surface area contributed by atoms with Gasteiger partial charge in [-0.15, -0.1) is 12.6 Å². The summed E-state index contributed by atoms with van der Waals surface area (Å²) >= 11 is 4.74. The van der Waals surface area contributed by atoms with Crippen molar-refractivity contribution in [1.82, 2.24) is 0 Å². The Morgan fingerprint density at radius 1 is 0.923 bits per heavy atom. The summed E-state index contributed by atoms with van der Waals surface area (Å²) in [5.74, 6) is 0. The topological polar surface area (TPSA) is 3.01 Å². The van der Waals surface area contributed by atoms with E-state index in [2.05, 4.69) is 98.3 Å². The van der Waals surface area contributed by atoms with Crippen molar-refractivity contribution in [2.45, 2.75) is 42.4 Å². The van der Waals surface area contributed by atoms with Gasteiger partial charge in [0.05, 0.1) is 5.41 Å². The number of benzene rings is 2. The van der Waals surface area contributed by atoms with Crippen molar-refractivity contribution in [3.8, 4) is 0 Å². The van der Waals surface area contributed by atoms with E-state index in [1.807, 2.05) is 0 Å². The highest BCUT2D eigenvalue weighted by Crippen LogP contribution is 2.43. The third-order valence-corrected chi connectivity index (χ3v) is 6.46. The fraction of sp³-hybridized carbons (Fsp3) is 0.292. The summed E-state index contributed by atoms with van der Waals surface area (Å²) in [6.45, 7) is 4.64. The Morgan fingerprint density at radius 2 is 1.54 bits per heavy atom. The fourth-order valence-corrected chi connectivity index (χ4v) is 4.93. The second-order valence-electron chi connectivity index (χ2n) is 7.97. The molecule has 132 valence electrons. The van der Waals surface area contributed by atoms with Crippen LogP contribution in [0, 0.1) is 0 Å². The second kappa shape index (κ2) is 6.28. The first kappa shape index (κ1) is 17.4. The van der Waals surface area contributed by atoms with Crippen molar-refractivity contribution in [2.75, 3.05) is 7.05 Å². The quantitative estimate of drug-likeness (QED) is 0.399. The third kappa shape index (κ3) is 2.59. The van der Waals surface area contributed by atoms with Gasteiger partial charge in [-0.05, 0) is 38.3 Å². The van der Waals surface area contributed by atoms with Gasteiger partial charge in [0.2, 0.25) is 5.69 Å². The van der Waals surface area contributed by atoms with E-state index in [9.17, 15) is 0 Å². The van der Waals surface area contributed by atoms with Crippen molar-refractivity contribution >= 4 is 24.0 Å². The lowest BCUT2D eigenvalue weighted by Crippen LogP contribution is -2.28. The number of fused-ring (bicyclic) bond motifs is 1. The highest BCUT2D eigenvalue weighted by Gasteiger charge is 2.43. The van der Waals surface area contributed by atoms with E-state index in [0.717, 1.165) is 17.7 Å². The molecular formula is C24H26NS+. The number of rotatable bonds is 3. The molecular weight excluding hydrogens is 334 g/mol. The SMILES string of the molecule is C[N+]1=C(C=CC2(c3ccccc3S)CC=CC2)C(C)(C)c2ccccc21. The Hall–Kier alpha value is -2.06. The molecule has 0 radical (unpaired) electrons. The van der Waals surface area contributed by atoms with Crippen LogP contribution in [0.25, 0.3) is 0 Å². The monoisotopic (exact) mass is 360 g/mol. The average Bonchev–Trinajstić information content (AvgIpc) is 3.18. The van der Waals surface area contributed by atoms with Crippen LogP contribution >= 0.6 is 12.6 Å². The summed E-state index contributed by atoms with van der Waals surface area (Å²) in [6.07, 6.45) is 11.4. The molecule has 0 N–H and O–H groups in total. The molecule has 4 rings (SSSR count). The molecule has 0 spiro atoms. The van der Waals surface area contributed by atoms with Crippen LogP contribution in [0.15, 0.2) is 77.7 Å².